The molecule has 2 aromatic rings. The summed E-state index contributed by atoms with van der Waals surface area (Å²) in [6.45, 7) is 10.7. The van der Waals surface area contributed by atoms with Crippen molar-refractivity contribution in [3.8, 4) is 0 Å². The third-order valence-corrected chi connectivity index (χ3v) is 5.86. The molecule has 3 rings (SSSR count). The summed E-state index contributed by atoms with van der Waals surface area (Å²) in [5.41, 5.74) is 4.27. The molecule has 1 saturated heterocycles. The highest BCUT2D eigenvalue weighted by molar-refractivity contribution is 5.30. The zero-order valence-electron chi connectivity index (χ0n) is 16.7. The minimum atomic E-state index is -0.0613. The standard InChI is InChI=1S/C24H33NO/c1-19-10-12-22(13-11-19)24(15-17-26-23(3,4)18-24)14-16-25-20(2)21-8-6-5-7-9-21/h5-13,20,25H,14-18H2,1-4H3/t20-,24-/m1/s1. The lowest BCUT2D eigenvalue weighted by atomic mass is 9.67. The lowest BCUT2D eigenvalue weighted by Gasteiger charge is -2.46. The molecule has 0 radical (unpaired) electrons. The van der Waals surface area contributed by atoms with Crippen LogP contribution in [0.15, 0.2) is 54.6 Å². The largest absolute Gasteiger partial charge is 0.376 e. The topological polar surface area (TPSA) is 21.3 Å². The fraction of sp³-hybridized carbons (Fsp3) is 0.500. The molecule has 26 heavy (non-hydrogen) atoms. The molecule has 1 aliphatic heterocycles. The quantitative estimate of drug-likeness (QED) is 0.735. The molecule has 2 atom stereocenters. The fourth-order valence-corrected chi connectivity index (χ4v) is 4.38. The number of nitrogens with one attached hydrogen (secondary N) is 1. The van der Waals surface area contributed by atoms with Gasteiger partial charge in [0.2, 0.25) is 0 Å². The molecule has 1 heterocycles. The summed E-state index contributed by atoms with van der Waals surface area (Å²) >= 11 is 0. The second-order valence-electron chi connectivity index (χ2n) is 8.52. The molecule has 0 unspecified atom stereocenters. The van der Waals surface area contributed by atoms with Gasteiger partial charge in [-0.3, -0.25) is 0 Å². The average Bonchev–Trinajstić information content (AvgIpc) is 2.62. The van der Waals surface area contributed by atoms with Crippen LogP contribution < -0.4 is 5.32 Å². The molecular weight excluding hydrogens is 318 g/mol. The molecule has 1 fully saturated rings. The maximum Gasteiger partial charge on any atom is 0.0635 e. The van der Waals surface area contributed by atoms with Crippen molar-refractivity contribution in [3.63, 3.8) is 0 Å². The lowest BCUT2D eigenvalue weighted by molar-refractivity contribution is -0.0840. The Morgan fingerprint density at radius 1 is 1.04 bits per heavy atom. The smallest absolute Gasteiger partial charge is 0.0635 e. The van der Waals surface area contributed by atoms with E-state index in [0.717, 1.165) is 32.4 Å². The van der Waals surface area contributed by atoms with E-state index in [0.29, 0.717) is 6.04 Å². The first-order valence-corrected chi connectivity index (χ1v) is 9.90. The van der Waals surface area contributed by atoms with Crippen LogP contribution in [0.25, 0.3) is 0 Å². The van der Waals surface area contributed by atoms with Crippen molar-refractivity contribution in [1.29, 1.82) is 0 Å². The number of ether oxygens (including phenoxy) is 1. The molecule has 0 spiro atoms. The minimum Gasteiger partial charge on any atom is -0.376 e. The molecule has 1 N–H and O–H groups in total. The van der Waals surface area contributed by atoms with Gasteiger partial charge in [0, 0.05) is 18.1 Å². The van der Waals surface area contributed by atoms with E-state index in [1.54, 1.807) is 0 Å². The summed E-state index contributed by atoms with van der Waals surface area (Å²) in [5.74, 6) is 0. The Hall–Kier alpha value is -1.64. The van der Waals surface area contributed by atoms with Gasteiger partial charge in [-0.15, -0.1) is 0 Å². The van der Waals surface area contributed by atoms with Crippen LogP contribution >= 0.6 is 0 Å². The molecule has 0 aliphatic carbocycles. The van der Waals surface area contributed by atoms with Crippen LogP contribution in [-0.4, -0.2) is 18.8 Å². The van der Waals surface area contributed by atoms with Crippen LogP contribution in [0.1, 0.15) is 62.8 Å². The van der Waals surface area contributed by atoms with E-state index in [1.807, 2.05) is 0 Å². The average molecular weight is 352 g/mol. The van der Waals surface area contributed by atoms with Crippen LogP contribution in [0, 0.1) is 6.92 Å². The summed E-state index contributed by atoms with van der Waals surface area (Å²) in [7, 11) is 0. The first kappa shape index (κ1) is 19.1. The lowest BCUT2D eigenvalue weighted by Crippen LogP contribution is -2.45. The minimum absolute atomic E-state index is 0.0613. The van der Waals surface area contributed by atoms with E-state index >= 15 is 0 Å². The maximum atomic E-state index is 6.04. The van der Waals surface area contributed by atoms with Gasteiger partial charge in [0.1, 0.15) is 0 Å². The Bertz CT molecular complexity index is 692. The van der Waals surface area contributed by atoms with Crippen molar-refractivity contribution in [3.05, 3.63) is 71.3 Å². The predicted molar refractivity (Wildman–Crippen MR) is 110 cm³/mol. The number of aryl methyl sites for hydroxylation is 1. The summed E-state index contributed by atoms with van der Waals surface area (Å²) in [6.07, 6.45) is 3.31. The molecule has 2 aromatic carbocycles. The highest BCUT2D eigenvalue weighted by Gasteiger charge is 2.41. The van der Waals surface area contributed by atoms with E-state index in [-0.39, 0.29) is 11.0 Å². The van der Waals surface area contributed by atoms with Gasteiger partial charge in [0.15, 0.2) is 0 Å². The number of benzene rings is 2. The van der Waals surface area contributed by atoms with E-state index < -0.39 is 0 Å². The Kier molecular flexibility index (Phi) is 5.84. The SMILES string of the molecule is Cc1ccc([C@]2(CCN[C@H](C)c3ccccc3)CCOC(C)(C)C2)cc1. The van der Waals surface area contributed by atoms with E-state index in [4.69, 9.17) is 4.74 Å². The van der Waals surface area contributed by atoms with Crippen LogP contribution in [0.4, 0.5) is 0 Å². The number of hydrogen-bond donors (Lipinski definition) is 1. The Balaban J connectivity index is 1.73. The van der Waals surface area contributed by atoms with Crippen molar-refractivity contribution < 1.29 is 4.74 Å². The molecule has 1 aliphatic rings. The summed E-state index contributed by atoms with van der Waals surface area (Å²) in [6, 6.07) is 20.2. The zero-order chi connectivity index (χ0) is 18.6. The fourth-order valence-electron chi connectivity index (χ4n) is 4.38. The van der Waals surface area contributed by atoms with Gasteiger partial charge < -0.3 is 10.1 Å². The summed E-state index contributed by atoms with van der Waals surface area (Å²) < 4.78 is 6.04. The van der Waals surface area contributed by atoms with Crippen LogP contribution in [0.2, 0.25) is 0 Å². The molecular formula is C24H33NO. The Morgan fingerprint density at radius 2 is 1.73 bits per heavy atom. The van der Waals surface area contributed by atoms with Gasteiger partial charge >= 0.3 is 0 Å². The first-order chi connectivity index (χ1) is 12.4. The maximum absolute atomic E-state index is 6.04. The van der Waals surface area contributed by atoms with Gasteiger partial charge in [-0.1, -0.05) is 60.2 Å². The number of rotatable bonds is 6. The van der Waals surface area contributed by atoms with E-state index in [9.17, 15) is 0 Å². The predicted octanol–water partition coefficient (Wildman–Crippen LogP) is 5.56. The second-order valence-corrected chi connectivity index (χ2v) is 8.52. The molecule has 0 aromatic heterocycles. The summed E-state index contributed by atoms with van der Waals surface area (Å²) in [4.78, 5) is 0. The van der Waals surface area contributed by atoms with Gasteiger partial charge in [-0.2, -0.15) is 0 Å². The van der Waals surface area contributed by atoms with Crippen molar-refractivity contribution >= 4 is 0 Å². The summed E-state index contributed by atoms with van der Waals surface area (Å²) in [5, 5.41) is 3.74. The van der Waals surface area contributed by atoms with Crippen LogP contribution in [0.5, 0.6) is 0 Å². The molecule has 140 valence electrons. The monoisotopic (exact) mass is 351 g/mol. The highest BCUT2D eigenvalue weighted by atomic mass is 16.5. The molecule has 0 amide bonds. The van der Waals surface area contributed by atoms with Crippen molar-refractivity contribution in [2.75, 3.05) is 13.2 Å². The van der Waals surface area contributed by atoms with E-state index in [1.165, 1.54) is 16.7 Å². The molecule has 0 saturated carbocycles. The third kappa shape index (κ3) is 4.55. The van der Waals surface area contributed by atoms with Gasteiger partial charge in [-0.25, -0.2) is 0 Å². The zero-order valence-corrected chi connectivity index (χ0v) is 16.7. The van der Waals surface area contributed by atoms with Crippen LogP contribution in [-0.2, 0) is 10.2 Å². The van der Waals surface area contributed by atoms with Gasteiger partial charge in [0.25, 0.3) is 0 Å². The van der Waals surface area contributed by atoms with Gasteiger partial charge in [0.05, 0.1) is 5.60 Å². The van der Waals surface area contributed by atoms with Crippen molar-refractivity contribution in [2.24, 2.45) is 0 Å². The number of hydrogen-bond acceptors (Lipinski definition) is 2. The van der Waals surface area contributed by atoms with Gasteiger partial charge in [-0.05, 0) is 64.6 Å². The molecule has 2 heteroatoms. The third-order valence-electron chi connectivity index (χ3n) is 5.86. The first-order valence-electron chi connectivity index (χ1n) is 9.90. The second kappa shape index (κ2) is 7.94. The molecule has 0 bridgehead atoms. The van der Waals surface area contributed by atoms with Crippen LogP contribution in [0.3, 0.4) is 0 Å². The highest BCUT2D eigenvalue weighted by Crippen LogP contribution is 2.44. The normalized spacial score (nSPS) is 23.5. The molecule has 2 nitrogen and oxygen atoms in total. The Morgan fingerprint density at radius 3 is 2.38 bits per heavy atom. The van der Waals surface area contributed by atoms with Crippen molar-refractivity contribution in [2.45, 2.75) is 64.0 Å². The Labute approximate surface area is 159 Å². The van der Waals surface area contributed by atoms with E-state index in [2.05, 4.69) is 87.6 Å². The van der Waals surface area contributed by atoms with Crippen molar-refractivity contribution in [1.82, 2.24) is 5.32 Å².